The summed E-state index contributed by atoms with van der Waals surface area (Å²) < 4.78 is 29.1. The summed E-state index contributed by atoms with van der Waals surface area (Å²) in [7, 11) is 0. The molecule has 26 heavy (non-hydrogen) atoms. The highest BCUT2D eigenvalue weighted by Gasteiger charge is 2.31. The second kappa shape index (κ2) is 6.17. The summed E-state index contributed by atoms with van der Waals surface area (Å²) in [6.07, 6.45) is 1.69. The molecule has 0 saturated heterocycles. The molecule has 1 N–H and O–H groups in total. The average Bonchev–Trinajstić information content (AvgIpc) is 2.94. The first-order valence-corrected chi connectivity index (χ1v) is 8.35. The van der Waals surface area contributed by atoms with Crippen LogP contribution in [0.15, 0.2) is 30.5 Å². The van der Waals surface area contributed by atoms with E-state index in [2.05, 4.69) is 4.98 Å². The fraction of sp³-hybridized carbons (Fsp3) is 0.263. The topological polar surface area (TPSA) is 58.4 Å². The zero-order chi connectivity index (χ0) is 18.4. The van der Waals surface area contributed by atoms with Crippen molar-refractivity contribution in [2.24, 2.45) is 0 Å². The molecule has 7 heteroatoms. The van der Waals surface area contributed by atoms with E-state index in [9.17, 15) is 18.7 Å². The lowest BCUT2D eigenvalue weighted by molar-refractivity contribution is 0.0672. The van der Waals surface area contributed by atoms with Crippen LogP contribution in [0.4, 0.5) is 8.78 Å². The summed E-state index contributed by atoms with van der Waals surface area (Å²) in [5.74, 6) is -2.16. The molecule has 0 unspecified atom stereocenters. The Bertz CT molecular complexity index is 1030. The van der Waals surface area contributed by atoms with Gasteiger partial charge in [-0.3, -0.25) is 9.78 Å². The lowest BCUT2D eigenvalue weighted by Crippen LogP contribution is -2.41. The first kappa shape index (κ1) is 16.7. The van der Waals surface area contributed by atoms with Gasteiger partial charge in [-0.1, -0.05) is 6.07 Å². The third-order valence-electron chi connectivity index (χ3n) is 4.70. The highest BCUT2D eigenvalue weighted by molar-refractivity contribution is 6.09. The van der Waals surface area contributed by atoms with Gasteiger partial charge in [-0.25, -0.2) is 8.78 Å². The Morgan fingerprint density at radius 3 is 2.73 bits per heavy atom. The van der Waals surface area contributed by atoms with E-state index < -0.39 is 11.6 Å². The van der Waals surface area contributed by atoms with Crippen molar-refractivity contribution in [1.82, 2.24) is 14.5 Å². The average molecular weight is 357 g/mol. The maximum Gasteiger partial charge on any atom is 0.271 e. The van der Waals surface area contributed by atoms with Crippen molar-refractivity contribution in [3.63, 3.8) is 0 Å². The van der Waals surface area contributed by atoms with Crippen molar-refractivity contribution in [3.8, 4) is 11.1 Å². The Hall–Kier alpha value is -2.80. The van der Waals surface area contributed by atoms with Crippen LogP contribution in [0, 0.1) is 18.6 Å². The van der Waals surface area contributed by atoms with E-state index >= 15 is 0 Å². The minimum absolute atomic E-state index is 0.135. The molecular formula is C19H17F2N3O2. The van der Waals surface area contributed by atoms with Crippen LogP contribution in [0.2, 0.25) is 0 Å². The van der Waals surface area contributed by atoms with Gasteiger partial charge < -0.3 is 14.6 Å². The summed E-state index contributed by atoms with van der Waals surface area (Å²) in [5.41, 5.74) is 3.60. The highest BCUT2D eigenvalue weighted by Crippen LogP contribution is 2.37. The molecule has 0 saturated carbocycles. The molecule has 1 aliphatic heterocycles. The minimum Gasteiger partial charge on any atom is -0.395 e. The van der Waals surface area contributed by atoms with E-state index in [1.165, 1.54) is 6.07 Å². The molecule has 0 spiro atoms. The summed E-state index contributed by atoms with van der Waals surface area (Å²) in [5, 5.41) is 9.21. The molecule has 0 bridgehead atoms. The third kappa shape index (κ3) is 2.47. The fourth-order valence-corrected chi connectivity index (χ4v) is 3.51. The number of carbonyl (C=O) groups excluding carboxylic acids is 1. The predicted octanol–water partition coefficient (Wildman–Crippen LogP) is 2.74. The number of β-amino-alcohol motifs (C(OH)–C–C–N with tert-alkyl or cyclic N) is 1. The maximum absolute atomic E-state index is 13.8. The van der Waals surface area contributed by atoms with E-state index in [0.29, 0.717) is 35.4 Å². The molecule has 3 heterocycles. The molecule has 134 valence electrons. The van der Waals surface area contributed by atoms with Crippen molar-refractivity contribution in [3.05, 3.63) is 53.4 Å². The van der Waals surface area contributed by atoms with E-state index in [1.54, 1.807) is 11.1 Å². The van der Waals surface area contributed by atoms with Gasteiger partial charge in [-0.05, 0) is 36.2 Å². The lowest BCUT2D eigenvalue weighted by Gasteiger charge is -2.28. The fourth-order valence-electron chi connectivity index (χ4n) is 3.51. The van der Waals surface area contributed by atoms with Crippen LogP contribution < -0.4 is 0 Å². The molecular weight excluding hydrogens is 340 g/mol. The monoisotopic (exact) mass is 357 g/mol. The number of aliphatic hydroxyl groups excluding tert-OH is 1. The number of rotatable bonds is 3. The molecule has 5 nitrogen and oxygen atoms in total. The van der Waals surface area contributed by atoms with Crippen molar-refractivity contribution in [2.75, 3.05) is 19.7 Å². The van der Waals surface area contributed by atoms with Gasteiger partial charge >= 0.3 is 0 Å². The normalized spacial score (nSPS) is 14.2. The van der Waals surface area contributed by atoms with Gasteiger partial charge in [0.2, 0.25) is 0 Å². The Labute approximate surface area is 148 Å². The second-order valence-corrected chi connectivity index (χ2v) is 6.40. The summed E-state index contributed by atoms with van der Waals surface area (Å²) >= 11 is 0. The number of halogens is 2. The third-order valence-corrected chi connectivity index (χ3v) is 4.70. The van der Waals surface area contributed by atoms with Gasteiger partial charge in [-0.2, -0.15) is 0 Å². The standard InChI is InChI=1S/C19H17F2N3O2/c1-11-8-15-17(22-10-11)16(12-2-3-13(20)14(21)9-12)18-19(26)23(6-7-25)4-5-24(15)18/h2-3,8-10,25H,4-7H2,1H3. The summed E-state index contributed by atoms with van der Waals surface area (Å²) in [4.78, 5) is 19.0. The summed E-state index contributed by atoms with van der Waals surface area (Å²) in [6, 6.07) is 5.52. The number of aromatic nitrogens is 2. The van der Waals surface area contributed by atoms with Crippen LogP contribution in [0.1, 0.15) is 16.1 Å². The molecule has 1 aliphatic rings. The number of pyridine rings is 1. The van der Waals surface area contributed by atoms with Crippen molar-refractivity contribution in [1.29, 1.82) is 0 Å². The first-order valence-electron chi connectivity index (χ1n) is 8.35. The molecule has 0 fully saturated rings. The van der Waals surface area contributed by atoms with E-state index in [4.69, 9.17) is 0 Å². The molecule has 0 radical (unpaired) electrons. The number of hydrogen-bond acceptors (Lipinski definition) is 3. The molecule has 2 aromatic heterocycles. The quantitative estimate of drug-likeness (QED) is 0.784. The largest absolute Gasteiger partial charge is 0.395 e. The first-order chi connectivity index (χ1) is 12.5. The molecule has 3 aromatic rings. The number of amides is 1. The number of benzene rings is 1. The Balaban J connectivity index is 2.02. The Morgan fingerprint density at radius 2 is 2.00 bits per heavy atom. The van der Waals surface area contributed by atoms with Gasteiger partial charge in [0.25, 0.3) is 5.91 Å². The second-order valence-electron chi connectivity index (χ2n) is 6.40. The molecule has 1 aromatic carbocycles. The van der Waals surface area contributed by atoms with Crippen LogP contribution in [-0.4, -0.2) is 45.2 Å². The van der Waals surface area contributed by atoms with Crippen LogP contribution in [0.5, 0.6) is 0 Å². The Kier molecular flexibility index (Phi) is 3.96. The number of aryl methyl sites for hydroxylation is 1. The zero-order valence-corrected chi connectivity index (χ0v) is 14.2. The molecule has 4 rings (SSSR count). The SMILES string of the molecule is Cc1cnc2c(-c3ccc(F)c(F)c3)c3n(c2c1)CCN(CCO)C3=O. The van der Waals surface area contributed by atoms with Gasteiger partial charge in [0.1, 0.15) is 5.69 Å². The number of fused-ring (bicyclic) bond motifs is 3. The van der Waals surface area contributed by atoms with Crippen molar-refractivity contribution >= 4 is 16.9 Å². The summed E-state index contributed by atoms with van der Waals surface area (Å²) in [6.45, 7) is 3.02. The van der Waals surface area contributed by atoms with E-state index in [-0.39, 0.29) is 19.1 Å². The predicted molar refractivity (Wildman–Crippen MR) is 92.8 cm³/mol. The number of carbonyl (C=O) groups is 1. The van der Waals surface area contributed by atoms with Crippen LogP contribution in [0.25, 0.3) is 22.2 Å². The van der Waals surface area contributed by atoms with Gasteiger partial charge in [0.15, 0.2) is 11.6 Å². The molecule has 0 atom stereocenters. The zero-order valence-electron chi connectivity index (χ0n) is 14.2. The highest BCUT2D eigenvalue weighted by atomic mass is 19.2. The number of hydrogen-bond donors (Lipinski definition) is 1. The van der Waals surface area contributed by atoms with E-state index in [0.717, 1.165) is 23.2 Å². The number of nitrogens with zero attached hydrogens (tertiary/aromatic N) is 3. The van der Waals surface area contributed by atoms with Gasteiger partial charge in [0.05, 0.1) is 17.6 Å². The molecule has 1 amide bonds. The minimum atomic E-state index is -0.974. The van der Waals surface area contributed by atoms with Crippen LogP contribution >= 0.6 is 0 Å². The van der Waals surface area contributed by atoms with Gasteiger partial charge in [0, 0.05) is 31.4 Å². The Morgan fingerprint density at radius 1 is 1.19 bits per heavy atom. The van der Waals surface area contributed by atoms with Crippen molar-refractivity contribution in [2.45, 2.75) is 13.5 Å². The van der Waals surface area contributed by atoms with Crippen molar-refractivity contribution < 1.29 is 18.7 Å². The van der Waals surface area contributed by atoms with Gasteiger partial charge in [-0.15, -0.1) is 0 Å². The lowest BCUT2D eigenvalue weighted by atomic mass is 10.0. The van der Waals surface area contributed by atoms with E-state index in [1.807, 2.05) is 17.6 Å². The molecule has 0 aliphatic carbocycles. The van der Waals surface area contributed by atoms with Crippen LogP contribution in [-0.2, 0) is 6.54 Å². The smallest absolute Gasteiger partial charge is 0.271 e. The maximum atomic E-state index is 13.8. The van der Waals surface area contributed by atoms with Crippen LogP contribution in [0.3, 0.4) is 0 Å². The number of aliphatic hydroxyl groups is 1.